The van der Waals surface area contributed by atoms with Crippen molar-refractivity contribution >= 4 is 28.9 Å². The summed E-state index contributed by atoms with van der Waals surface area (Å²) in [5.74, 6) is 0. The number of fused-ring (bicyclic) bond motifs is 1. The lowest BCUT2D eigenvalue weighted by atomic mass is 10.1. The highest BCUT2D eigenvalue weighted by atomic mass is 32.2. The monoisotopic (exact) mass is 321 g/mol. The van der Waals surface area contributed by atoms with Gasteiger partial charge < -0.3 is 12.6 Å². The SMILES string of the molecule is [S-]c1n[n+]2c(-c3ccccc3)cc(-c3ccccc3)nc2s1. The molecule has 0 fully saturated rings. The Labute approximate surface area is 137 Å². The van der Waals surface area contributed by atoms with Crippen molar-refractivity contribution in [1.82, 2.24) is 10.1 Å². The molecule has 0 spiro atoms. The molecule has 2 aromatic carbocycles. The molecule has 3 nitrogen and oxygen atoms in total. The molecule has 0 aliphatic rings. The largest absolute Gasteiger partial charge is 0.404 e. The van der Waals surface area contributed by atoms with Crippen LogP contribution in [-0.4, -0.2) is 10.1 Å². The zero-order valence-electron chi connectivity index (χ0n) is 11.5. The van der Waals surface area contributed by atoms with E-state index in [-0.39, 0.29) is 0 Å². The van der Waals surface area contributed by atoms with E-state index < -0.39 is 0 Å². The van der Waals surface area contributed by atoms with Gasteiger partial charge in [0.15, 0.2) is 11.4 Å². The van der Waals surface area contributed by atoms with Crippen molar-refractivity contribution in [3.05, 3.63) is 66.7 Å². The summed E-state index contributed by atoms with van der Waals surface area (Å²) in [5.41, 5.74) is 4.11. The maximum atomic E-state index is 5.23. The predicted molar refractivity (Wildman–Crippen MR) is 89.6 cm³/mol. The van der Waals surface area contributed by atoms with Crippen molar-refractivity contribution in [1.29, 1.82) is 0 Å². The quantitative estimate of drug-likeness (QED) is 0.418. The summed E-state index contributed by atoms with van der Waals surface area (Å²) in [4.78, 5) is 5.52. The molecule has 0 atom stereocenters. The first-order chi connectivity index (χ1) is 10.8. The van der Waals surface area contributed by atoms with Crippen molar-refractivity contribution in [2.45, 2.75) is 4.34 Å². The summed E-state index contributed by atoms with van der Waals surface area (Å²) in [6.45, 7) is 0. The van der Waals surface area contributed by atoms with E-state index in [2.05, 4.69) is 35.4 Å². The van der Waals surface area contributed by atoms with E-state index >= 15 is 0 Å². The Bertz CT molecular complexity index is 934. The van der Waals surface area contributed by atoms with Gasteiger partial charge in [0, 0.05) is 21.5 Å². The van der Waals surface area contributed by atoms with E-state index in [4.69, 9.17) is 17.6 Å². The summed E-state index contributed by atoms with van der Waals surface area (Å²) in [5, 5.41) is 4.41. The van der Waals surface area contributed by atoms with Gasteiger partial charge in [-0.2, -0.15) is 0 Å². The minimum absolute atomic E-state index is 0.592. The molecule has 2 heterocycles. The first-order valence-corrected chi connectivity index (χ1v) is 8.05. The highest BCUT2D eigenvalue weighted by molar-refractivity contribution is 7.62. The van der Waals surface area contributed by atoms with Crippen molar-refractivity contribution < 1.29 is 4.52 Å². The van der Waals surface area contributed by atoms with E-state index in [1.807, 2.05) is 40.9 Å². The van der Waals surface area contributed by atoms with E-state index in [0.717, 1.165) is 27.5 Å². The van der Waals surface area contributed by atoms with Gasteiger partial charge in [0.2, 0.25) is 0 Å². The number of rotatable bonds is 2. The maximum Gasteiger partial charge on any atom is 0.315 e. The molecule has 5 heteroatoms. The summed E-state index contributed by atoms with van der Waals surface area (Å²) in [7, 11) is 0. The molecule has 0 amide bonds. The van der Waals surface area contributed by atoms with Gasteiger partial charge in [-0.25, -0.2) is 0 Å². The molecule has 106 valence electrons. The highest BCUT2D eigenvalue weighted by Gasteiger charge is 2.17. The third-order valence-corrected chi connectivity index (χ3v) is 4.43. The molecule has 0 bridgehead atoms. The molecule has 0 aliphatic carbocycles. The zero-order chi connectivity index (χ0) is 14.9. The van der Waals surface area contributed by atoms with Gasteiger partial charge in [-0.3, -0.25) is 11.3 Å². The first kappa shape index (κ1) is 13.3. The summed E-state index contributed by atoms with van der Waals surface area (Å²) < 4.78 is 2.42. The van der Waals surface area contributed by atoms with E-state index in [1.54, 1.807) is 0 Å². The first-order valence-electron chi connectivity index (χ1n) is 6.83. The van der Waals surface area contributed by atoms with Gasteiger partial charge in [0.1, 0.15) is 0 Å². The second kappa shape index (κ2) is 5.44. The molecule has 0 N–H and O–H groups in total. The summed E-state index contributed by atoms with van der Waals surface area (Å²) in [6, 6.07) is 22.4. The third-order valence-electron chi connectivity index (χ3n) is 3.40. The number of hydrogen-bond donors (Lipinski definition) is 0. The fraction of sp³-hybridized carbons (Fsp3) is 0. The number of nitrogens with zero attached hydrogens (tertiary/aromatic N) is 3. The van der Waals surface area contributed by atoms with Crippen LogP contribution in [0, 0.1) is 0 Å². The fourth-order valence-electron chi connectivity index (χ4n) is 2.39. The number of benzene rings is 2. The standard InChI is InChI=1S/C17H11N3S2/c21-17-19-20-15(13-9-5-2-6-10-13)11-14(18-16(20)22-17)12-7-3-1-4-8-12/h1-11H. The van der Waals surface area contributed by atoms with Gasteiger partial charge in [0.25, 0.3) is 0 Å². The molecule has 4 aromatic rings. The van der Waals surface area contributed by atoms with E-state index in [0.29, 0.717) is 4.34 Å². The molecule has 0 unspecified atom stereocenters. The van der Waals surface area contributed by atoms with Crippen molar-refractivity contribution in [3.8, 4) is 22.5 Å². The highest BCUT2D eigenvalue weighted by Crippen LogP contribution is 2.24. The summed E-state index contributed by atoms with van der Waals surface area (Å²) in [6.07, 6.45) is 0. The average molecular weight is 321 g/mol. The lowest BCUT2D eigenvalue weighted by Gasteiger charge is -2.01. The second-order valence-electron chi connectivity index (χ2n) is 4.82. The minimum atomic E-state index is 0.592. The molecule has 0 saturated carbocycles. The zero-order valence-corrected chi connectivity index (χ0v) is 13.1. The van der Waals surface area contributed by atoms with E-state index in [9.17, 15) is 0 Å². The van der Waals surface area contributed by atoms with Crippen LogP contribution in [0.4, 0.5) is 0 Å². The topological polar surface area (TPSA) is 29.9 Å². The Morgan fingerprint density at radius 3 is 2.18 bits per heavy atom. The van der Waals surface area contributed by atoms with Crippen LogP contribution in [0.5, 0.6) is 0 Å². The minimum Gasteiger partial charge on any atom is -0.404 e. The predicted octanol–water partition coefficient (Wildman–Crippen LogP) is 3.52. The Morgan fingerprint density at radius 2 is 1.50 bits per heavy atom. The van der Waals surface area contributed by atoms with Gasteiger partial charge in [-0.1, -0.05) is 65.8 Å². The maximum absolute atomic E-state index is 5.23. The Kier molecular flexibility index (Phi) is 3.29. The smallest absolute Gasteiger partial charge is 0.315 e. The second-order valence-corrected chi connectivity index (χ2v) is 6.42. The molecule has 4 rings (SSSR count). The Hall–Kier alpha value is -2.37. The average Bonchev–Trinajstić information content (AvgIpc) is 2.95. The van der Waals surface area contributed by atoms with Crippen LogP contribution in [0.15, 0.2) is 71.1 Å². The Balaban J connectivity index is 2.02. The van der Waals surface area contributed by atoms with Crippen LogP contribution in [0.25, 0.3) is 27.5 Å². The van der Waals surface area contributed by atoms with E-state index in [1.165, 1.54) is 11.3 Å². The lowest BCUT2D eigenvalue weighted by Crippen LogP contribution is -2.27. The normalized spacial score (nSPS) is 10.9. The van der Waals surface area contributed by atoms with Crippen LogP contribution in [-0.2, 0) is 12.6 Å². The number of aromatic nitrogens is 3. The molecular formula is C17H11N3S2. The van der Waals surface area contributed by atoms with Crippen molar-refractivity contribution in [3.63, 3.8) is 0 Å². The Morgan fingerprint density at radius 1 is 0.864 bits per heavy atom. The van der Waals surface area contributed by atoms with Crippen LogP contribution >= 0.6 is 11.3 Å². The number of hydrogen-bond acceptors (Lipinski definition) is 4. The van der Waals surface area contributed by atoms with Crippen LogP contribution < -0.4 is 4.52 Å². The fourth-order valence-corrected chi connectivity index (χ4v) is 3.34. The van der Waals surface area contributed by atoms with Crippen LogP contribution in [0.2, 0.25) is 0 Å². The molecule has 2 aromatic heterocycles. The molecule has 0 aliphatic heterocycles. The van der Waals surface area contributed by atoms with Crippen molar-refractivity contribution in [2.24, 2.45) is 0 Å². The summed E-state index contributed by atoms with van der Waals surface area (Å²) >= 11 is 6.65. The van der Waals surface area contributed by atoms with Gasteiger partial charge in [0.05, 0.1) is 0 Å². The van der Waals surface area contributed by atoms with Crippen LogP contribution in [0.1, 0.15) is 0 Å². The lowest BCUT2D eigenvalue weighted by molar-refractivity contribution is -0.569. The molecule has 0 saturated heterocycles. The van der Waals surface area contributed by atoms with Gasteiger partial charge in [-0.15, -0.1) is 4.52 Å². The van der Waals surface area contributed by atoms with Gasteiger partial charge >= 0.3 is 4.96 Å². The van der Waals surface area contributed by atoms with Crippen LogP contribution in [0.3, 0.4) is 0 Å². The molecule has 0 radical (unpaired) electrons. The van der Waals surface area contributed by atoms with Crippen molar-refractivity contribution in [2.75, 3.05) is 0 Å². The molecule has 22 heavy (non-hydrogen) atoms. The molecular weight excluding hydrogens is 310 g/mol. The third kappa shape index (κ3) is 2.34. The van der Waals surface area contributed by atoms with Gasteiger partial charge in [-0.05, 0) is 4.98 Å².